The number of alkyl halides is 2. The third-order valence-corrected chi connectivity index (χ3v) is 5.01. The second kappa shape index (κ2) is 3.44. The van der Waals surface area contributed by atoms with Gasteiger partial charge >= 0.3 is 0 Å². The first-order chi connectivity index (χ1) is 6.67. The van der Waals surface area contributed by atoms with Crippen molar-refractivity contribution in [2.75, 3.05) is 0 Å². The van der Waals surface area contributed by atoms with Gasteiger partial charge in [-0.2, -0.15) is 0 Å². The molecule has 2 rings (SSSR count). The van der Waals surface area contributed by atoms with Crippen LogP contribution in [0.4, 0.5) is 0 Å². The van der Waals surface area contributed by atoms with Crippen LogP contribution in [0.3, 0.4) is 0 Å². The van der Waals surface area contributed by atoms with Crippen molar-refractivity contribution in [3.05, 3.63) is 0 Å². The third kappa shape index (κ3) is 2.03. The normalized spacial score (nSPS) is 41.2. The summed E-state index contributed by atoms with van der Waals surface area (Å²) in [5.41, 5.74) is -0.221. The number of rotatable bonds is 0. The lowest BCUT2D eigenvalue weighted by Crippen LogP contribution is -2.44. The van der Waals surface area contributed by atoms with Gasteiger partial charge in [-0.05, 0) is 40.5 Å². The summed E-state index contributed by atoms with van der Waals surface area (Å²) in [6.07, 6.45) is 1.95. The van der Waals surface area contributed by atoms with E-state index in [4.69, 9.17) is 9.47 Å². The minimum absolute atomic E-state index is 0.111. The lowest BCUT2D eigenvalue weighted by molar-refractivity contribution is -0.245. The molecule has 0 amide bonds. The first-order valence-electron chi connectivity index (χ1n) is 5.35. The van der Waals surface area contributed by atoms with E-state index < -0.39 is 5.79 Å². The standard InChI is InChI=1S/C11H18Br2O2/c1-9(2)5-7(12)11(14-9)8(13)6-10(3,4)15-11/h7-8H,5-6H2,1-4H3/t7-,8-,11?/m1/s1. The van der Waals surface area contributed by atoms with Gasteiger partial charge < -0.3 is 9.47 Å². The molecule has 2 fully saturated rings. The van der Waals surface area contributed by atoms with E-state index in [0.717, 1.165) is 12.8 Å². The second-order valence-electron chi connectivity index (χ2n) is 5.79. The molecule has 0 aromatic heterocycles. The molecule has 0 aromatic rings. The Balaban J connectivity index is 2.28. The van der Waals surface area contributed by atoms with E-state index in [9.17, 15) is 0 Å². The van der Waals surface area contributed by atoms with Crippen LogP contribution >= 0.6 is 31.9 Å². The molecule has 4 heteroatoms. The van der Waals surface area contributed by atoms with Crippen molar-refractivity contribution < 1.29 is 9.47 Å². The SMILES string of the molecule is CC1(C)C[C@@H](Br)C2(O1)OC(C)(C)C[C@H]2Br. The van der Waals surface area contributed by atoms with Crippen LogP contribution < -0.4 is 0 Å². The molecule has 2 atom stereocenters. The fourth-order valence-corrected chi connectivity index (χ4v) is 5.49. The average molecular weight is 342 g/mol. The maximum Gasteiger partial charge on any atom is 0.194 e. The van der Waals surface area contributed by atoms with E-state index in [-0.39, 0.29) is 20.9 Å². The Morgan fingerprint density at radius 3 is 1.40 bits per heavy atom. The van der Waals surface area contributed by atoms with Gasteiger partial charge in [-0.3, -0.25) is 0 Å². The molecule has 2 heterocycles. The van der Waals surface area contributed by atoms with Crippen LogP contribution in [0.5, 0.6) is 0 Å². The Morgan fingerprint density at radius 1 is 0.867 bits per heavy atom. The summed E-state index contributed by atoms with van der Waals surface area (Å²) in [5.74, 6) is -0.493. The number of halogens is 2. The smallest absolute Gasteiger partial charge is 0.194 e. The zero-order chi connectivity index (χ0) is 11.5. The lowest BCUT2D eigenvalue weighted by Gasteiger charge is -2.33. The maximum absolute atomic E-state index is 6.14. The maximum atomic E-state index is 6.14. The van der Waals surface area contributed by atoms with Gasteiger partial charge in [0.2, 0.25) is 0 Å². The van der Waals surface area contributed by atoms with E-state index >= 15 is 0 Å². The van der Waals surface area contributed by atoms with Crippen molar-refractivity contribution in [3.8, 4) is 0 Å². The molecule has 2 saturated heterocycles. The largest absolute Gasteiger partial charge is 0.342 e. The predicted octanol–water partition coefficient (Wildman–Crippen LogP) is 3.61. The van der Waals surface area contributed by atoms with Crippen molar-refractivity contribution in [3.63, 3.8) is 0 Å². The highest BCUT2D eigenvalue weighted by atomic mass is 79.9. The molecular formula is C11H18Br2O2. The summed E-state index contributed by atoms with van der Waals surface area (Å²) >= 11 is 7.42. The first kappa shape index (κ1) is 12.3. The monoisotopic (exact) mass is 340 g/mol. The van der Waals surface area contributed by atoms with Crippen LogP contribution in [0, 0.1) is 0 Å². The van der Waals surface area contributed by atoms with E-state index in [1.165, 1.54) is 0 Å². The fourth-order valence-electron chi connectivity index (χ4n) is 2.57. The fraction of sp³-hybridized carbons (Fsp3) is 1.00. The van der Waals surface area contributed by atoms with E-state index in [0.29, 0.717) is 0 Å². The number of hydrogen-bond donors (Lipinski definition) is 0. The van der Waals surface area contributed by atoms with Gasteiger partial charge in [-0.15, -0.1) is 0 Å². The van der Waals surface area contributed by atoms with Gasteiger partial charge in [0.05, 0.1) is 20.9 Å². The minimum atomic E-state index is -0.493. The molecule has 2 nitrogen and oxygen atoms in total. The topological polar surface area (TPSA) is 18.5 Å². The first-order valence-corrected chi connectivity index (χ1v) is 7.19. The van der Waals surface area contributed by atoms with Crippen molar-refractivity contribution >= 4 is 31.9 Å². The van der Waals surface area contributed by atoms with Crippen LogP contribution in [0.15, 0.2) is 0 Å². The Labute approximate surface area is 108 Å². The molecule has 88 valence electrons. The summed E-state index contributed by atoms with van der Waals surface area (Å²) in [5, 5.41) is 0. The van der Waals surface area contributed by atoms with Gasteiger partial charge in [0.1, 0.15) is 0 Å². The molecule has 15 heavy (non-hydrogen) atoms. The quantitative estimate of drug-likeness (QED) is 0.627. The van der Waals surface area contributed by atoms with Crippen LogP contribution in [0.2, 0.25) is 0 Å². The summed E-state index contributed by atoms with van der Waals surface area (Å²) in [7, 11) is 0. The molecule has 0 unspecified atom stereocenters. The molecule has 0 aromatic carbocycles. The van der Waals surface area contributed by atoms with Gasteiger partial charge in [-0.25, -0.2) is 0 Å². The Kier molecular flexibility index (Phi) is 2.83. The zero-order valence-electron chi connectivity index (χ0n) is 9.64. The molecule has 0 aliphatic carbocycles. The molecule has 0 radical (unpaired) electrons. The molecule has 0 saturated carbocycles. The van der Waals surface area contributed by atoms with Crippen molar-refractivity contribution in [2.24, 2.45) is 0 Å². The highest BCUT2D eigenvalue weighted by Crippen LogP contribution is 2.54. The second-order valence-corrected chi connectivity index (χ2v) is 8.00. The Bertz CT molecular complexity index is 248. The third-order valence-electron chi connectivity index (χ3n) is 3.09. The van der Waals surface area contributed by atoms with E-state index in [2.05, 4.69) is 59.6 Å². The molecule has 2 aliphatic heterocycles. The van der Waals surface area contributed by atoms with Crippen molar-refractivity contribution in [2.45, 2.75) is 67.2 Å². The highest BCUT2D eigenvalue weighted by Gasteiger charge is 2.62. The van der Waals surface area contributed by atoms with Crippen LogP contribution in [-0.2, 0) is 9.47 Å². The van der Waals surface area contributed by atoms with Crippen molar-refractivity contribution in [1.29, 1.82) is 0 Å². The summed E-state index contributed by atoms with van der Waals surface area (Å²) in [6.45, 7) is 8.46. The van der Waals surface area contributed by atoms with Crippen LogP contribution in [0.1, 0.15) is 40.5 Å². The van der Waals surface area contributed by atoms with E-state index in [1.54, 1.807) is 0 Å². The Hall–Kier alpha value is 0.880. The molecule has 2 aliphatic rings. The van der Waals surface area contributed by atoms with Gasteiger partial charge in [0.25, 0.3) is 0 Å². The van der Waals surface area contributed by atoms with Gasteiger partial charge in [-0.1, -0.05) is 31.9 Å². The van der Waals surface area contributed by atoms with Crippen molar-refractivity contribution in [1.82, 2.24) is 0 Å². The summed E-state index contributed by atoms with van der Waals surface area (Å²) < 4.78 is 12.3. The van der Waals surface area contributed by atoms with Crippen LogP contribution in [0.25, 0.3) is 0 Å². The molecular weight excluding hydrogens is 324 g/mol. The van der Waals surface area contributed by atoms with E-state index in [1.807, 2.05) is 0 Å². The highest BCUT2D eigenvalue weighted by molar-refractivity contribution is 9.10. The summed E-state index contributed by atoms with van der Waals surface area (Å²) in [4.78, 5) is 0.511. The zero-order valence-corrected chi connectivity index (χ0v) is 12.8. The Morgan fingerprint density at radius 2 is 1.20 bits per heavy atom. The van der Waals surface area contributed by atoms with Crippen LogP contribution in [-0.4, -0.2) is 26.6 Å². The van der Waals surface area contributed by atoms with Gasteiger partial charge in [0, 0.05) is 0 Å². The molecule has 0 bridgehead atoms. The molecule has 0 N–H and O–H groups in total. The number of hydrogen-bond acceptors (Lipinski definition) is 2. The minimum Gasteiger partial charge on any atom is -0.342 e. The molecule has 1 spiro atoms. The predicted molar refractivity (Wildman–Crippen MR) is 67.7 cm³/mol. The lowest BCUT2D eigenvalue weighted by atomic mass is 10.0. The number of ether oxygens (including phenoxy) is 2. The summed E-state index contributed by atoms with van der Waals surface area (Å²) in [6, 6.07) is 0. The van der Waals surface area contributed by atoms with Gasteiger partial charge in [0.15, 0.2) is 5.79 Å². The average Bonchev–Trinajstić information content (AvgIpc) is 2.31.